The molecule has 25 heavy (non-hydrogen) atoms. The van der Waals surface area contributed by atoms with E-state index in [9.17, 15) is 9.90 Å². The van der Waals surface area contributed by atoms with Crippen LogP contribution in [0.1, 0.15) is 32.3 Å². The summed E-state index contributed by atoms with van der Waals surface area (Å²) in [7, 11) is 0. The Bertz CT molecular complexity index is 564. The van der Waals surface area contributed by atoms with E-state index < -0.39 is 5.54 Å². The lowest BCUT2D eigenvalue weighted by Gasteiger charge is -2.43. The molecule has 0 radical (unpaired) electrons. The minimum absolute atomic E-state index is 0.0664. The molecule has 1 aliphatic carbocycles. The first-order valence-corrected chi connectivity index (χ1v) is 9.32. The number of hydrogen-bond acceptors (Lipinski definition) is 4. The van der Waals surface area contributed by atoms with Gasteiger partial charge in [0.25, 0.3) is 0 Å². The largest absolute Gasteiger partial charge is 0.393 e. The van der Waals surface area contributed by atoms with Gasteiger partial charge in [-0.15, -0.1) is 0 Å². The Morgan fingerprint density at radius 3 is 2.52 bits per heavy atom. The Kier molecular flexibility index (Phi) is 5.77. The highest BCUT2D eigenvalue weighted by Gasteiger charge is 2.40. The number of nitrogens with one attached hydrogen (secondary N) is 1. The molecule has 1 saturated heterocycles. The number of aliphatic hydroxyl groups excluding tert-OH is 1. The molecule has 2 fully saturated rings. The molecule has 3 rings (SSSR count). The predicted molar refractivity (Wildman–Crippen MR) is 97.3 cm³/mol. The molecule has 1 aromatic carbocycles. The molecule has 0 aromatic heterocycles. The monoisotopic (exact) mass is 346 g/mol. The summed E-state index contributed by atoms with van der Waals surface area (Å²) in [6, 6.07) is 10.3. The molecular formula is C20H30N2O3. The normalized spacial score (nSPS) is 25.9. The van der Waals surface area contributed by atoms with Crippen molar-refractivity contribution in [3.63, 3.8) is 0 Å². The van der Waals surface area contributed by atoms with E-state index in [-0.39, 0.29) is 18.1 Å². The van der Waals surface area contributed by atoms with Crippen molar-refractivity contribution in [1.29, 1.82) is 0 Å². The van der Waals surface area contributed by atoms with Crippen molar-refractivity contribution in [2.24, 2.45) is 5.92 Å². The molecular weight excluding hydrogens is 316 g/mol. The van der Waals surface area contributed by atoms with Gasteiger partial charge >= 0.3 is 0 Å². The number of rotatable bonds is 6. The predicted octanol–water partition coefficient (Wildman–Crippen LogP) is 1.60. The number of benzene rings is 1. The second-order valence-corrected chi connectivity index (χ2v) is 7.81. The Balaban J connectivity index is 1.67. The van der Waals surface area contributed by atoms with E-state index in [0.29, 0.717) is 19.1 Å². The molecule has 5 heteroatoms. The summed E-state index contributed by atoms with van der Waals surface area (Å²) >= 11 is 0. The topological polar surface area (TPSA) is 61.8 Å². The zero-order valence-corrected chi connectivity index (χ0v) is 15.3. The first kappa shape index (κ1) is 18.4. The summed E-state index contributed by atoms with van der Waals surface area (Å²) in [5.41, 5.74) is 0.666. The van der Waals surface area contributed by atoms with Crippen molar-refractivity contribution in [2.75, 3.05) is 26.3 Å². The fourth-order valence-corrected chi connectivity index (χ4v) is 3.77. The summed E-state index contributed by atoms with van der Waals surface area (Å²) in [5.74, 6) is 0.413. The third kappa shape index (κ3) is 4.40. The summed E-state index contributed by atoms with van der Waals surface area (Å²) in [6.07, 6.45) is 2.14. The fourth-order valence-electron chi connectivity index (χ4n) is 3.77. The molecule has 0 spiro atoms. The summed E-state index contributed by atoms with van der Waals surface area (Å²) in [6.45, 7) is 6.90. The van der Waals surface area contributed by atoms with E-state index in [0.717, 1.165) is 32.4 Å². The zero-order valence-electron chi connectivity index (χ0n) is 15.3. The van der Waals surface area contributed by atoms with E-state index in [1.807, 2.05) is 32.0 Å². The average Bonchev–Trinajstić information content (AvgIpc) is 2.60. The van der Waals surface area contributed by atoms with Crippen molar-refractivity contribution in [3.8, 4) is 0 Å². The maximum Gasteiger partial charge on any atom is 0.240 e. The first-order valence-electron chi connectivity index (χ1n) is 9.32. The van der Waals surface area contributed by atoms with Crippen LogP contribution >= 0.6 is 0 Å². The van der Waals surface area contributed by atoms with Crippen LogP contribution in [0.15, 0.2) is 30.3 Å². The van der Waals surface area contributed by atoms with Gasteiger partial charge in [-0.2, -0.15) is 0 Å². The average molecular weight is 346 g/mol. The van der Waals surface area contributed by atoms with Crippen LogP contribution in [0.5, 0.6) is 0 Å². The molecule has 1 atom stereocenters. The highest BCUT2D eigenvalue weighted by Crippen LogP contribution is 2.32. The molecule has 1 amide bonds. The van der Waals surface area contributed by atoms with Crippen LogP contribution in [0.2, 0.25) is 0 Å². The van der Waals surface area contributed by atoms with Crippen LogP contribution in [-0.4, -0.2) is 59.9 Å². The van der Waals surface area contributed by atoms with Crippen molar-refractivity contribution < 1.29 is 14.6 Å². The van der Waals surface area contributed by atoms with E-state index in [2.05, 4.69) is 22.3 Å². The molecule has 2 aliphatic rings. The molecule has 1 heterocycles. The molecule has 2 N–H and O–H groups in total. The fraction of sp³-hybridized carbons (Fsp3) is 0.650. The summed E-state index contributed by atoms with van der Waals surface area (Å²) < 4.78 is 5.41. The van der Waals surface area contributed by atoms with Crippen LogP contribution in [0.4, 0.5) is 0 Å². The number of carbonyl (C=O) groups excluding carboxylic acids is 1. The van der Waals surface area contributed by atoms with Crippen LogP contribution in [-0.2, 0) is 16.0 Å². The lowest BCUT2D eigenvalue weighted by molar-refractivity contribution is -0.136. The highest BCUT2D eigenvalue weighted by atomic mass is 16.5. The van der Waals surface area contributed by atoms with E-state index in [1.165, 1.54) is 5.56 Å². The van der Waals surface area contributed by atoms with Crippen LogP contribution in [0.25, 0.3) is 0 Å². The smallest absolute Gasteiger partial charge is 0.240 e. The number of ether oxygens (including phenoxy) is 1. The maximum atomic E-state index is 13.0. The quantitative estimate of drug-likeness (QED) is 0.821. The minimum atomic E-state index is -0.554. The minimum Gasteiger partial charge on any atom is -0.393 e. The highest BCUT2D eigenvalue weighted by molar-refractivity contribution is 5.85. The van der Waals surface area contributed by atoms with Gasteiger partial charge in [0.05, 0.1) is 24.9 Å². The van der Waals surface area contributed by atoms with Crippen molar-refractivity contribution in [2.45, 2.75) is 50.8 Å². The number of hydrogen-bond donors (Lipinski definition) is 2. The van der Waals surface area contributed by atoms with Gasteiger partial charge in [-0.25, -0.2) is 0 Å². The summed E-state index contributed by atoms with van der Waals surface area (Å²) in [5, 5.41) is 13.0. The van der Waals surface area contributed by atoms with Gasteiger partial charge < -0.3 is 15.2 Å². The zero-order chi connectivity index (χ0) is 17.9. The summed E-state index contributed by atoms with van der Waals surface area (Å²) in [4.78, 5) is 15.2. The third-order valence-corrected chi connectivity index (χ3v) is 5.69. The molecule has 138 valence electrons. The number of amides is 1. The molecule has 1 aromatic rings. The Hall–Kier alpha value is -1.43. The Morgan fingerprint density at radius 2 is 1.92 bits per heavy atom. The van der Waals surface area contributed by atoms with E-state index in [1.54, 1.807) is 0 Å². The van der Waals surface area contributed by atoms with Gasteiger partial charge in [0, 0.05) is 19.1 Å². The lowest BCUT2D eigenvalue weighted by Crippen LogP contribution is -2.61. The molecule has 0 unspecified atom stereocenters. The van der Waals surface area contributed by atoms with Crippen LogP contribution < -0.4 is 5.32 Å². The van der Waals surface area contributed by atoms with Crippen LogP contribution in [0.3, 0.4) is 0 Å². The van der Waals surface area contributed by atoms with Crippen LogP contribution in [0, 0.1) is 5.92 Å². The van der Waals surface area contributed by atoms with Gasteiger partial charge in [-0.1, -0.05) is 30.3 Å². The molecule has 0 bridgehead atoms. The molecule has 1 saturated carbocycles. The van der Waals surface area contributed by atoms with Gasteiger partial charge in [0.2, 0.25) is 5.91 Å². The second kappa shape index (κ2) is 7.85. The number of morpholine rings is 1. The maximum absolute atomic E-state index is 13.0. The SMILES string of the molecule is CC(C)(C(=O)N[C@@H](Cc1ccccc1)C1CC(O)C1)N1CCOCC1. The van der Waals surface area contributed by atoms with Gasteiger partial charge in [0.15, 0.2) is 0 Å². The number of nitrogens with zero attached hydrogens (tertiary/aromatic N) is 1. The number of carbonyl (C=O) groups is 1. The molecule has 1 aliphatic heterocycles. The second-order valence-electron chi connectivity index (χ2n) is 7.81. The molecule has 5 nitrogen and oxygen atoms in total. The Morgan fingerprint density at radius 1 is 1.28 bits per heavy atom. The van der Waals surface area contributed by atoms with Crippen molar-refractivity contribution in [3.05, 3.63) is 35.9 Å². The van der Waals surface area contributed by atoms with E-state index in [4.69, 9.17) is 4.74 Å². The van der Waals surface area contributed by atoms with Gasteiger partial charge in [-0.05, 0) is 44.6 Å². The lowest BCUT2D eigenvalue weighted by atomic mass is 9.75. The van der Waals surface area contributed by atoms with Gasteiger partial charge in [-0.3, -0.25) is 9.69 Å². The number of aliphatic hydroxyl groups is 1. The van der Waals surface area contributed by atoms with Gasteiger partial charge in [0.1, 0.15) is 0 Å². The van der Waals surface area contributed by atoms with Crippen molar-refractivity contribution in [1.82, 2.24) is 10.2 Å². The standard InChI is InChI=1S/C20H30N2O3/c1-20(2,22-8-10-25-11-9-22)19(24)21-18(16-13-17(23)14-16)12-15-6-4-3-5-7-15/h3-7,16-18,23H,8-14H2,1-2H3,(H,21,24)/t16?,17?,18-/m0/s1. The van der Waals surface area contributed by atoms with Crippen molar-refractivity contribution >= 4 is 5.91 Å². The van der Waals surface area contributed by atoms with E-state index >= 15 is 0 Å². The Labute approximate surface area is 150 Å². The first-order chi connectivity index (χ1) is 12.0. The third-order valence-electron chi connectivity index (χ3n) is 5.69.